The number of rotatable bonds is 1. The van der Waals surface area contributed by atoms with Crippen LogP contribution < -0.4 is 10.5 Å². The van der Waals surface area contributed by atoms with E-state index in [1.165, 1.54) is 14.0 Å². The predicted octanol–water partition coefficient (Wildman–Crippen LogP) is 1.35. The summed E-state index contributed by atoms with van der Waals surface area (Å²) in [6, 6.07) is 6.92. The average Bonchev–Trinajstić information content (AvgIpc) is 2.19. The van der Waals surface area contributed by atoms with Crippen molar-refractivity contribution in [3.63, 3.8) is 0 Å². The number of hydrogen-bond acceptors (Lipinski definition) is 4. The number of nitrogens with zero attached hydrogens (tertiary/aromatic N) is 1. The Morgan fingerprint density at radius 3 is 2.57 bits per heavy atom. The standard InChI is InChI=1S/C8H8N2O.C2H4O/c1-11-8-4-7(10)3-2-6(8)5-9;1-2-3/h2-4H,10H2,1H3;2H,1H3. The Hall–Kier alpha value is -2.02. The number of nitrogen functional groups attached to an aromatic ring is 1. The molecule has 0 spiro atoms. The molecule has 0 aliphatic carbocycles. The Morgan fingerprint density at radius 1 is 1.57 bits per heavy atom. The lowest BCUT2D eigenvalue weighted by Crippen LogP contribution is -1.90. The van der Waals surface area contributed by atoms with Gasteiger partial charge in [0.25, 0.3) is 0 Å². The quantitative estimate of drug-likeness (QED) is 0.538. The first-order chi connectivity index (χ1) is 6.69. The summed E-state index contributed by atoms with van der Waals surface area (Å²) in [5, 5.41) is 8.57. The van der Waals surface area contributed by atoms with Gasteiger partial charge in [-0.1, -0.05) is 0 Å². The van der Waals surface area contributed by atoms with E-state index in [0.29, 0.717) is 17.0 Å². The SMILES string of the molecule is CC=O.COc1cc(N)ccc1C#N. The summed E-state index contributed by atoms with van der Waals surface area (Å²) >= 11 is 0. The Labute approximate surface area is 82.9 Å². The van der Waals surface area contributed by atoms with Crippen LogP contribution in [0.3, 0.4) is 0 Å². The molecule has 0 heterocycles. The van der Waals surface area contributed by atoms with Crippen molar-refractivity contribution < 1.29 is 9.53 Å². The molecule has 1 aromatic rings. The Bertz CT molecular complexity index is 342. The zero-order chi connectivity index (χ0) is 11.0. The largest absolute Gasteiger partial charge is 0.495 e. The zero-order valence-electron chi connectivity index (χ0n) is 8.15. The first kappa shape index (κ1) is 12.0. The summed E-state index contributed by atoms with van der Waals surface area (Å²) in [5.41, 5.74) is 6.57. The molecule has 0 amide bonds. The molecule has 4 nitrogen and oxygen atoms in total. The molecule has 0 saturated carbocycles. The highest BCUT2D eigenvalue weighted by Crippen LogP contribution is 2.19. The summed E-state index contributed by atoms with van der Waals surface area (Å²) in [6.45, 7) is 1.44. The van der Waals surface area contributed by atoms with Crippen LogP contribution in [-0.4, -0.2) is 13.4 Å². The van der Waals surface area contributed by atoms with E-state index in [1.807, 2.05) is 6.07 Å². The molecule has 0 atom stereocenters. The van der Waals surface area contributed by atoms with Gasteiger partial charge < -0.3 is 15.3 Å². The van der Waals surface area contributed by atoms with Gasteiger partial charge in [-0.05, 0) is 19.1 Å². The third-order valence-corrected chi connectivity index (χ3v) is 1.35. The highest BCUT2D eigenvalue weighted by Gasteiger charge is 2.00. The normalized spacial score (nSPS) is 7.79. The maximum atomic E-state index is 8.81. The van der Waals surface area contributed by atoms with Gasteiger partial charge in [0.2, 0.25) is 0 Å². The highest BCUT2D eigenvalue weighted by molar-refractivity contribution is 5.52. The van der Waals surface area contributed by atoms with Gasteiger partial charge in [-0.25, -0.2) is 0 Å². The van der Waals surface area contributed by atoms with Crippen LogP contribution in [0.5, 0.6) is 5.75 Å². The first-order valence-electron chi connectivity index (χ1n) is 3.93. The topological polar surface area (TPSA) is 76.1 Å². The number of anilines is 1. The fourth-order valence-electron chi connectivity index (χ4n) is 0.800. The average molecular weight is 192 g/mol. The number of benzene rings is 1. The smallest absolute Gasteiger partial charge is 0.138 e. The van der Waals surface area contributed by atoms with E-state index in [0.717, 1.165) is 6.29 Å². The number of aldehydes is 1. The van der Waals surface area contributed by atoms with Gasteiger partial charge in [-0.3, -0.25) is 0 Å². The monoisotopic (exact) mass is 192 g/mol. The molecule has 1 rings (SSSR count). The second kappa shape index (κ2) is 6.49. The Morgan fingerprint density at radius 2 is 2.14 bits per heavy atom. The fraction of sp³-hybridized carbons (Fsp3) is 0.200. The molecule has 0 aromatic heterocycles. The number of ether oxygens (including phenoxy) is 1. The summed E-state index contributed by atoms with van der Waals surface area (Å²) in [6.07, 6.45) is 0.750. The lowest BCUT2D eigenvalue weighted by atomic mass is 10.2. The Balaban J connectivity index is 0.000000500. The van der Waals surface area contributed by atoms with Crippen LogP contribution in [0, 0.1) is 11.3 Å². The van der Waals surface area contributed by atoms with E-state index in [9.17, 15) is 0 Å². The van der Waals surface area contributed by atoms with E-state index >= 15 is 0 Å². The molecule has 14 heavy (non-hydrogen) atoms. The van der Waals surface area contributed by atoms with Crippen molar-refractivity contribution >= 4 is 12.0 Å². The maximum Gasteiger partial charge on any atom is 0.138 e. The predicted molar refractivity (Wildman–Crippen MR) is 53.9 cm³/mol. The number of nitrogens with two attached hydrogens (primary N) is 1. The van der Waals surface area contributed by atoms with Crippen LogP contribution in [0.15, 0.2) is 18.2 Å². The minimum Gasteiger partial charge on any atom is -0.495 e. The molecular formula is C10H12N2O2. The lowest BCUT2D eigenvalue weighted by Gasteiger charge is -2.01. The van der Waals surface area contributed by atoms with Crippen LogP contribution >= 0.6 is 0 Å². The third-order valence-electron chi connectivity index (χ3n) is 1.35. The van der Waals surface area contributed by atoms with E-state index in [2.05, 4.69) is 0 Å². The van der Waals surface area contributed by atoms with Crippen molar-refractivity contribution in [3.05, 3.63) is 23.8 Å². The molecule has 0 aliphatic heterocycles. The zero-order valence-corrected chi connectivity index (χ0v) is 8.15. The van der Waals surface area contributed by atoms with Crippen molar-refractivity contribution in [1.82, 2.24) is 0 Å². The molecule has 0 unspecified atom stereocenters. The Kier molecular flexibility index (Phi) is 5.55. The summed E-state index contributed by atoms with van der Waals surface area (Å²) < 4.78 is 4.91. The number of methoxy groups -OCH3 is 1. The number of nitriles is 1. The molecule has 0 bridgehead atoms. The van der Waals surface area contributed by atoms with Crippen molar-refractivity contribution in [1.29, 1.82) is 5.26 Å². The van der Waals surface area contributed by atoms with Crippen molar-refractivity contribution in [2.75, 3.05) is 12.8 Å². The van der Waals surface area contributed by atoms with E-state index in [-0.39, 0.29) is 0 Å². The summed E-state index contributed by atoms with van der Waals surface area (Å²) in [5.74, 6) is 0.521. The number of carbonyl (C=O) groups is 1. The molecule has 0 aliphatic rings. The van der Waals surface area contributed by atoms with Gasteiger partial charge in [0.15, 0.2) is 0 Å². The van der Waals surface area contributed by atoms with Gasteiger partial charge in [0.1, 0.15) is 18.1 Å². The second-order valence-electron chi connectivity index (χ2n) is 2.31. The molecule has 1 aromatic carbocycles. The first-order valence-corrected chi connectivity index (χ1v) is 3.93. The number of carbonyl (C=O) groups excluding carboxylic acids is 1. The van der Waals surface area contributed by atoms with Gasteiger partial charge in [-0.2, -0.15) is 5.26 Å². The van der Waals surface area contributed by atoms with Crippen molar-refractivity contribution in [3.8, 4) is 11.8 Å². The molecule has 4 heteroatoms. The van der Waals surface area contributed by atoms with Crippen LogP contribution in [-0.2, 0) is 4.79 Å². The third kappa shape index (κ3) is 3.59. The van der Waals surface area contributed by atoms with E-state index < -0.39 is 0 Å². The highest BCUT2D eigenvalue weighted by atomic mass is 16.5. The van der Waals surface area contributed by atoms with Crippen LogP contribution in [0.1, 0.15) is 12.5 Å². The van der Waals surface area contributed by atoms with Crippen LogP contribution in [0.2, 0.25) is 0 Å². The summed E-state index contributed by atoms with van der Waals surface area (Å²) in [4.78, 5) is 8.81. The van der Waals surface area contributed by atoms with Gasteiger partial charge in [0.05, 0.1) is 12.7 Å². The van der Waals surface area contributed by atoms with E-state index in [1.54, 1.807) is 18.2 Å². The molecular weight excluding hydrogens is 180 g/mol. The van der Waals surface area contributed by atoms with E-state index in [4.69, 9.17) is 20.5 Å². The van der Waals surface area contributed by atoms with Gasteiger partial charge in [0, 0.05) is 11.8 Å². The van der Waals surface area contributed by atoms with Gasteiger partial charge in [-0.15, -0.1) is 0 Å². The minimum atomic E-state index is 0.502. The van der Waals surface area contributed by atoms with Crippen molar-refractivity contribution in [2.24, 2.45) is 0 Å². The van der Waals surface area contributed by atoms with Gasteiger partial charge >= 0.3 is 0 Å². The maximum absolute atomic E-state index is 8.81. The molecule has 0 fully saturated rings. The van der Waals surface area contributed by atoms with Crippen LogP contribution in [0.25, 0.3) is 0 Å². The van der Waals surface area contributed by atoms with Crippen molar-refractivity contribution in [2.45, 2.75) is 6.92 Å². The minimum absolute atomic E-state index is 0.502. The summed E-state index contributed by atoms with van der Waals surface area (Å²) in [7, 11) is 1.51. The second-order valence-corrected chi connectivity index (χ2v) is 2.31. The molecule has 74 valence electrons. The molecule has 2 N–H and O–H groups in total. The molecule has 0 radical (unpaired) electrons. The number of hydrogen-bond donors (Lipinski definition) is 1. The lowest BCUT2D eigenvalue weighted by molar-refractivity contribution is -0.106. The fourth-order valence-corrected chi connectivity index (χ4v) is 0.800. The van der Waals surface area contributed by atoms with Crippen LogP contribution in [0.4, 0.5) is 5.69 Å². The molecule has 0 saturated heterocycles.